The molecule has 3 unspecified atom stereocenters. The van der Waals surface area contributed by atoms with Gasteiger partial charge < -0.3 is 0 Å². The van der Waals surface area contributed by atoms with Gasteiger partial charge in [0.15, 0.2) is 9.84 Å². The Labute approximate surface area is 124 Å². The second-order valence-corrected chi connectivity index (χ2v) is 10.6. The average molecular weight is 309 g/mol. The highest BCUT2D eigenvalue weighted by Crippen LogP contribution is 2.43. The van der Waals surface area contributed by atoms with E-state index >= 15 is 0 Å². The zero-order valence-corrected chi connectivity index (χ0v) is 14.5. The number of hydrogen-bond acceptors (Lipinski definition) is 2. The summed E-state index contributed by atoms with van der Waals surface area (Å²) < 4.78 is 23.8. The summed E-state index contributed by atoms with van der Waals surface area (Å²) in [6.45, 7) is 10.3. The van der Waals surface area contributed by atoms with Crippen molar-refractivity contribution < 1.29 is 8.42 Å². The number of rotatable bonds is 4. The van der Waals surface area contributed by atoms with Gasteiger partial charge in [0.25, 0.3) is 0 Å². The van der Waals surface area contributed by atoms with E-state index in [1.165, 1.54) is 6.42 Å². The Morgan fingerprint density at radius 2 is 1.79 bits per heavy atom. The van der Waals surface area contributed by atoms with Crippen LogP contribution in [-0.4, -0.2) is 24.8 Å². The molecule has 0 bridgehead atoms. The van der Waals surface area contributed by atoms with Crippen LogP contribution in [0.5, 0.6) is 0 Å². The lowest BCUT2D eigenvalue weighted by atomic mass is 9.68. The maximum Gasteiger partial charge on any atom is 0.152 e. The minimum Gasteiger partial charge on any atom is -0.229 e. The Kier molecular flexibility index (Phi) is 5.77. The summed E-state index contributed by atoms with van der Waals surface area (Å²) in [7, 11) is -2.93. The highest BCUT2D eigenvalue weighted by atomic mass is 35.5. The molecule has 19 heavy (non-hydrogen) atoms. The zero-order chi connectivity index (χ0) is 14.8. The molecule has 0 aromatic heterocycles. The molecule has 0 aromatic rings. The number of halogens is 1. The van der Waals surface area contributed by atoms with Crippen LogP contribution >= 0.6 is 11.6 Å². The molecule has 0 heterocycles. The van der Waals surface area contributed by atoms with E-state index in [0.29, 0.717) is 17.3 Å². The molecule has 1 rings (SSSR count). The summed E-state index contributed by atoms with van der Waals surface area (Å²) in [6.07, 6.45) is 3.99. The standard InChI is InChI=1S/C15H29ClO2S/c1-11(2)19(17,18)9-8-12-10-13(15(3,4)5)6-7-14(12)16/h11-14H,6-10H2,1-5H3. The zero-order valence-electron chi connectivity index (χ0n) is 12.9. The van der Waals surface area contributed by atoms with Gasteiger partial charge in [0.05, 0.1) is 11.0 Å². The van der Waals surface area contributed by atoms with Crippen LogP contribution in [0, 0.1) is 17.3 Å². The van der Waals surface area contributed by atoms with E-state index in [0.717, 1.165) is 19.3 Å². The van der Waals surface area contributed by atoms with Crippen LogP contribution in [0.3, 0.4) is 0 Å². The molecule has 0 amide bonds. The third kappa shape index (κ3) is 4.93. The molecule has 1 saturated carbocycles. The lowest BCUT2D eigenvalue weighted by molar-refractivity contribution is 0.142. The molecule has 2 nitrogen and oxygen atoms in total. The van der Waals surface area contributed by atoms with Crippen LogP contribution in [0.1, 0.15) is 60.3 Å². The van der Waals surface area contributed by atoms with Crippen molar-refractivity contribution in [3.05, 3.63) is 0 Å². The molecule has 1 aliphatic rings. The maximum absolute atomic E-state index is 11.9. The van der Waals surface area contributed by atoms with Crippen LogP contribution in [0.4, 0.5) is 0 Å². The first-order valence-corrected chi connectivity index (χ1v) is 9.55. The van der Waals surface area contributed by atoms with Crippen molar-refractivity contribution in [3.63, 3.8) is 0 Å². The van der Waals surface area contributed by atoms with Gasteiger partial charge in [-0.15, -0.1) is 11.6 Å². The smallest absolute Gasteiger partial charge is 0.152 e. The Bertz CT molecular complexity index is 381. The minimum absolute atomic E-state index is 0.154. The maximum atomic E-state index is 11.9. The molecule has 0 saturated heterocycles. The van der Waals surface area contributed by atoms with Gasteiger partial charge >= 0.3 is 0 Å². The third-order valence-corrected chi connectivity index (χ3v) is 7.42. The van der Waals surface area contributed by atoms with Gasteiger partial charge in [-0.05, 0) is 56.8 Å². The summed E-state index contributed by atoms with van der Waals surface area (Å²) in [4.78, 5) is 0. The Morgan fingerprint density at radius 1 is 1.21 bits per heavy atom. The van der Waals surface area contributed by atoms with Crippen molar-refractivity contribution in [1.29, 1.82) is 0 Å². The second-order valence-electron chi connectivity index (χ2n) is 7.36. The highest BCUT2D eigenvalue weighted by molar-refractivity contribution is 7.91. The Hall–Kier alpha value is 0.240. The monoisotopic (exact) mass is 308 g/mol. The van der Waals surface area contributed by atoms with E-state index in [9.17, 15) is 8.42 Å². The molecule has 0 spiro atoms. The van der Waals surface area contributed by atoms with Gasteiger partial charge in [-0.3, -0.25) is 0 Å². The van der Waals surface area contributed by atoms with E-state index in [1.807, 2.05) is 0 Å². The van der Waals surface area contributed by atoms with Crippen molar-refractivity contribution in [2.24, 2.45) is 17.3 Å². The van der Waals surface area contributed by atoms with Crippen LogP contribution in [0.2, 0.25) is 0 Å². The third-order valence-electron chi connectivity index (χ3n) is 4.61. The first-order chi connectivity index (χ1) is 8.54. The van der Waals surface area contributed by atoms with Crippen LogP contribution in [-0.2, 0) is 9.84 Å². The summed E-state index contributed by atoms with van der Waals surface area (Å²) in [6, 6.07) is 0. The van der Waals surface area contributed by atoms with Gasteiger partial charge in [0.2, 0.25) is 0 Å². The molecule has 1 fully saturated rings. The molecule has 114 valence electrons. The number of alkyl halides is 1. The molecule has 1 aliphatic carbocycles. The van der Waals surface area contributed by atoms with Gasteiger partial charge in [-0.1, -0.05) is 20.8 Å². The first-order valence-electron chi connectivity index (χ1n) is 7.39. The van der Waals surface area contributed by atoms with Crippen LogP contribution < -0.4 is 0 Å². The number of sulfone groups is 1. The molecular formula is C15H29ClO2S. The summed E-state index contributed by atoms with van der Waals surface area (Å²) >= 11 is 6.41. The van der Waals surface area contributed by atoms with Gasteiger partial charge in [0, 0.05) is 5.38 Å². The molecule has 0 N–H and O–H groups in total. The summed E-state index contributed by atoms with van der Waals surface area (Å²) in [5.74, 6) is 1.30. The SMILES string of the molecule is CC(C)S(=O)(=O)CCC1CC(C(C)(C)C)CCC1Cl. The van der Waals surface area contributed by atoms with Crippen LogP contribution in [0.15, 0.2) is 0 Å². The minimum atomic E-state index is -2.93. The van der Waals surface area contributed by atoms with E-state index in [-0.39, 0.29) is 16.4 Å². The Morgan fingerprint density at radius 3 is 2.26 bits per heavy atom. The lowest BCUT2D eigenvalue weighted by Gasteiger charge is -2.40. The fraction of sp³-hybridized carbons (Fsp3) is 1.00. The highest BCUT2D eigenvalue weighted by Gasteiger charge is 2.35. The van der Waals surface area contributed by atoms with Gasteiger partial charge in [-0.25, -0.2) is 8.42 Å². The number of hydrogen-bond donors (Lipinski definition) is 0. The van der Waals surface area contributed by atoms with Crippen molar-refractivity contribution in [2.45, 2.75) is 70.9 Å². The fourth-order valence-electron chi connectivity index (χ4n) is 2.86. The summed E-state index contributed by atoms with van der Waals surface area (Å²) in [5.41, 5.74) is 0.298. The van der Waals surface area contributed by atoms with Crippen LogP contribution in [0.25, 0.3) is 0 Å². The normalized spacial score (nSPS) is 29.7. The van der Waals surface area contributed by atoms with E-state index in [1.54, 1.807) is 13.8 Å². The van der Waals surface area contributed by atoms with Crippen molar-refractivity contribution in [1.82, 2.24) is 0 Å². The van der Waals surface area contributed by atoms with Gasteiger partial charge in [0.1, 0.15) is 0 Å². The van der Waals surface area contributed by atoms with Crippen molar-refractivity contribution >= 4 is 21.4 Å². The van der Waals surface area contributed by atoms with Crippen molar-refractivity contribution in [2.75, 3.05) is 5.75 Å². The Balaban J connectivity index is 2.61. The van der Waals surface area contributed by atoms with Crippen molar-refractivity contribution in [3.8, 4) is 0 Å². The largest absolute Gasteiger partial charge is 0.229 e. The first kappa shape index (κ1) is 17.3. The second kappa shape index (κ2) is 6.34. The average Bonchev–Trinajstić information content (AvgIpc) is 2.26. The molecule has 0 radical (unpaired) electrons. The van der Waals surface area contributed by atoms with E-state index < -0.39 is 9.84 Å². The fourth-order valence-corrected chi connectivity index (χ4v) is 4.32. The van der Waals surface area contributed by atoms with Gasteiger partial charge in [-0.2, -0.15) is 0 Å². The lowest BCUT2D eigenvalue weighted by Crippen LogP contribution is -2.33. The molecule has 3 atom stereocenters. The van der Waals surface area contributed by atoms with E-state index in [4.69, 9.17) is 11.6 Å². The quantitative estimate of drug-likeness (QED) is 0.727. The van der Waals surface area contributed by atoms with E-state index in [2.05, 4.69) is 20.8 Å². The summed E-state index contributed by atoms with van der Waals surface area (Å²) in [5, 5.41) is -0.121. The predicted octanol–water partition coefficient (Wildman–Crippen LogP) is 4.27. The predicted molar refractivity (Wildman–Crippen MR) is 83.5 cm³/mol. The topological polar surface area (TPSA) is 34.1 Å². The molecular weight excluding hydrogens is 280 g/mol. The molecule has 4 heteroatoms. The molecule has 0 aliphatic heterocycles. The molecule has 0 aromatic carbocycles.